The zero-order chi connectivity index (χ0) is 14.0. The Bertz CT molecular complexity index is 301. The molecule has 0 bridgehead atoms. The van der Waals surface area contributed by atoms with Crippen molar-refractivity contribution >= 4 is 5.91 Å². The summed E-state index contributed by atoms with van der Waals surface area (Å²) in [5.74, 6) is -6.52. The van der Waals surface area contributed by atoms with E-state index >= 15 is 0 Å². The third-order valence-corrected chi connectivity index (χ3v) is 3.64. The number of carbonyl (C=O) groups is 1. The van der Waals surface area contributed by atoms with Gasteiger partial charge in [-0.2, -0.15) is 8.78 Å². The SMILES string of the molecule is CN(C)C1(CNC(=O)C(F)(F)C(F)F)CCCC1. The predicted octanol–water partition coefficient (Wildman–Crippen LogP) is 1.88. The Kier molecular flexibility index (Phi) is 4.58. The molecular formula is C11H18F4N2O. The number of nitrogens with zero attached hydrogens (tertiary/aromatic N) is 1. The van der Waals surface area contributed by atoms with Gasteiger partial charge in [0.1, 0.15) is 0 Å². The maximum atomic E-state index is 12.8. The minimum atomic E-state index is -4.62. The van der Waals surface area contributed by atoms with Gasteiger partial charge < -0.3 is 10.2 Å². The molecule has 0 unspecified atom stereocenters. The van der Waals surface area contributed by atoms with Crippen LogP contribution in [0.4, 0.5) is 17.6 Å². The van der Waals surface area contributed by atoms with Crippen molar-refractivity contribution < 1.29 is 22.4 Å². The number of halogens is 4. The second kappa shape index (κ2) is 5.42. The number of rotatable bonds is 5. The number of carbonyl (C=O) groups excluding carboxylic acids is 1. The van der Waals surface area contributed by atoms with E-state index in [1.54, 1.807) is 14.1 Å². The molecule has 3 nitrogen and oxygen atoms in total. The summed E-state index contributed by atoms with van der Waals surface area (Å²) in [6.45, 7) is -0.0266. The van der Waals surface area contributed by atoms with E-state index in [4.69, 9.17) is 0 Å². The molecule has 7 heteroatoms. The zero-order valence-corrected chi connectivity index (χ0v) is 10.5. The van der Waals surface area contributed by atoms with Crippen molar-refractivity contribution in [1.82, 2.24) is 10.2 Å². The highest BCUT2D eigenvalue weighted by atomic mass is 19.3. The molecular weight excluding hydrogens is 252 g/mol. The highest BCUT2D eigenvalue weighted by Crippen LogP contribution is 2.33. The van der Waals surface area contributed by atoms with E-state index in [1.807, 2.05) is 10.2 Å². The number of nitrogens with one attached hydrogen (secondary N) is 1. The molecule has 1 N–H and O–H groups in total. The highest BCUT2D eigenvalue weighted by Gasteiger charge is 2.49. The largest absolute Gasteiger partial charge is 0.383 e. The molecule has 0 spiro atoms. The first-order valence-corrected chi connectivity index (χ1v) is 5.84. The monoisotopic (exact) mass is 270 g/mol. The van der Waals surface area contributed by atoms with Crippen LogP contribution in [0.1, 0.15) is 25.7 Å². The van der Waals surface area contributed by atoms with Gasteiger partial charge in [0.15, 0.2) is 0 Å². The summed E-state index contributed by atoms with van der Waals surface area (Å²) in [5, 5.41) is 1.96. The average molecular weight is 270 g/mol. The molecule has 0 aromatic rings. The average Bonchev–Trinajstić information content (AvgIpc) is 2.75. The van der Waals surface area contributed by atoms with Gasteiger partial charge in [-0.3, -0.25) is 4.79 Å². The molecule has 1 amide bonds. The molecule has 18 heavy (non-hydrogen) atoms. The Hall–Kier alpha value is -0.850. The molecule has 0 aromatic carbocycles. The predicted molar refractivity (Wildman–Crippen MR) is 58.8 cm³/mol. The van der Waals surface area contributed by atoms with Crippen LogP contribution in [0.5, 0.6) is 0 Å². The third kappa shape index (κ3) is 2.93. The summed E-state index contributed by atoms with van der Waals surface area (Å²) >= 11 is 0. The van der Waals surface area contributed by atoms with Crippen LogP contribution < -0.4 is 5.32 Å². The fourth-order valence-electron chi connectivity index (χ4n) is 2.28. The molecule has 0 radical (unpaired) electrons. The second-order valence-corrected chi connectivity index (χ2v) is 4.93. The van der Waals surface area contributed by atoms with E-state index in [9.17, 15) is 22.4 Å². The van der Waals surface area contributed by atoms with Crippen LogP contribution in [0, 0.1) is 0 Å². The van der Waals surface area contributed by atoms with Gasteiger partial charge in [0, 0.05) is 12.1 Å². The van der Waals surface area contributed by atoms with Crippen molar-refractivity contribution in [1.29, 1.82) is 0 Å². The van der Waals surface area contributed by atoms with Crippen LogP contribution in [0.2, 0.25) is 0 Å². The molecule has 1 rings (SSSR count). The van der Waals surface area contributed by atoms with E-state index < -0.39 is 23.8 Å². The van der Waals surface area contributed by atoms with Crippen LogP contribution in [0.3, 0.4) is 0 Å². The Labute approximate surface area is 104 Å². The van der Waals surface area contributed by atoms with E-state index in [0.717, 1.165) is 25.7 Å². The number of hydrogen-bond donors (Lipinski definition) is 1. The Morgan fingerprint density at radius 1 is 1.33 bits per heavy atom. The topological polar surface area (TPSA) is 32.3 Å². The normalized spacial score (nSPS) is 19.6. The van der Waals surface area contributed by atoms with E-state index in [1.165, 1.54) is 0 Å². The molecule has 0 aromatic heterocycles. The van der Waals surface area contributed by atoms with Crippen LogP contribution >= 0.6 is 0 Å². The number of hydrogen-bond acceptors (Lipinski definition) is 2. The molecule has 0 atom stereocenters. The molecule has 106 valence electrons. The Balaban J connectivity index is 2.61. The summed E-state index contributed by atoms with van der Waals surface area (Å²) in [6.07, 6.45) is -0.559. The summed E-state index contributed by atoms with van der Waals surface area (Å²) in [5.41, 5.74) is -0.395. The van der Waals surface area contributed by atoms with Gasteiger partial charge in [-0.15, -0.1) is 0 Å². The van der Waals surface area contributed by atoms with Crippen molar-refractivity contribution in [3.05, 3.63) is 0 Å². The molecule has 1 aliphatic rings. The minimum Gasteiger partial charge on any atom is -0.349 e. The zero-order valence-electron chi connectivity index (χ0n) is 10.5. The fourth-order valence-corrected chi connectivity index (χ4v) is 2.28. The maximum absolute atomic E-state index is 12.8. The highest BCUT2D eigenvalue weighted by molar-refractivity contribution is 5.83. The van der Waals surface area contributed by atoms with E-state index in [-0.39, 0.29) is 6.54 Å². The lowest BCUT2D eigenvalue weighted by Gasteiger charge is -2.36. The number of likely N-dealkylation sites (N-methyl/N-ethyl adjacent to an activating group) is 1. The van der Waals surface area contributed by atoms with Crippen LogP contribution in [0.15, 0.2) is 0 Å². The van der Waals surface area contributed by atoms with Gasteiger partial charge in [-0.1, -0.05) is 12.8 Å². The van der Waals surface area contributed by atoms with Gasteiger partial charge in [0.25, 0.3) is 5.91 Å². The minimum absolute atomic E-state index is 0.0266. The first kappa shape index (κ1) is 15.2. The van der Waals surface area contributed by atoms with Crippen LogP contribution in [-0.4, -0.2) is 49.3 Å². The molecule has 0 heterocycles. The molecule has 0 saturated heterocycles. The first-order valence-electron chi connectivity index (χ1n) is 5.84. The van der Waals surface area contributed by atoms with Gasteiger partial charge in [0.05, 0.1) is 0 Å². The van der Waals surface area contributed by atoms with E-state index in [2.05, 4.69) is 0 Å². The standard InChI is InChI=1S/C11H18F4N2O/c1-17(2)10(5-3-4-6-10)7-16-9(18)11(14,15)8(12)13/h8H,3-7H2,1-2H3,(H,16,18). The van der Waals surface area contributed by atoms with Gasteiger partial charge in [-0.05, 0) is 26.9 Å². The van der Waals surface area contributed by atoms with Crippen molar-refractivity contribution in [2.45, 2.75) is 43.6 Å². The summed E-state index contributed by atoms with van der Waals surface area (Å²) in [6, 6.07) is 0. The van der Waals surface area contributed by atoms with Crippen molar-refractivity contribution in [3.8, 4) is 0 Å². The lowest BCUT2D eigenvalue weighted by molar-refractivity contribution is -0.169. The molecule has 1 fully saturated rings. The number of alkyl halides is 4. The molecule has 1 aliphatic carbocycles. The Morgan fingerprint density at radius 2 is 1.83 bits per heavy atom. The van der Waals surface area contributed by atoms with Crippen molar-refractivity contribution in [2.75, 3.05) is 20.6 Å². The molecule has 1 saturated carbocycles. The second-order valence-electron chi connectivity index (χ2n) is 4.93. The van der Waals surface area contributed by atoms with Crippen molar-refractivity contribution in [2.24, 2.45) is 0 Å². The lowest BCUT2D eigenvalue weighted by Crippen LogP contribution is -2.54. The van der Waals surface area contributed by atoms with E-state index in [0.29, 0.717) is 0 Å². The molecule has 0 aliphatic heterocycles. The summed E-state index contributed by atoms with van der Waals surface area (Å²) in [7, 11) is 3.59. The lowest BCUT2D eigenvalue weighted by atomic mass is 9.96. The number of amides is 1. The first-order chi connectivity index (χ1) is 8.22. The van der Waals surface area contributed by atoms with Gasteiger partial charge >= 0.3 is 12.3 Å². The van der Waals surface area contributed by atoms with Gasteiger partial charge in [0.2, 0.25) is 0 Å². The summed E-state index contributed by atoms with van der Waals surface area (Å²) < 4.78 is 49.5. The third-order valence-electron chi connectivity index (χ3n) is 3.64. The van der Waals surface area contributed by atoms with Crippen molar-refractivity contribution in [3.63, 3.8) is 0 Å². The quantitative estimate of drug-likeness (QED) is 0.774. The van der Waals surface area contributed by atoms with Gasteiger partial charge in [-0.25, -0.2) is 8.78 Å². The van der Waals surface area contributed by atoms with Crippen LogP contribution in [0.25, 0.3) is 0 Å². The Morgan fingerprint density at radius 3 is 2.22 bits per heavy atom. The summed E-state index contributed by atoms with van der Waals surface area (Å²) in [4.78, 5) is 12.9. The fraction of sp³-hybridized carbons (Fsp3) is 0.909. The maximum Gasteiger partial charge on any atom is 0.383 e. The smallest absolute Gasteiger partial charge is 0.349 e. The van der Waals surface area contributed by atoms with Crippen LogP contribution in [-0.2, 0) is 4.79 Å².